The van der Waals surface area contributed by atoms with Crippen LogP contribution in [0.5, 0.6) is 5.75 Å². The number of ether oxygens (including phenoxy) is 5. The van der Waals surface area contributed by atoms with Gasteiger partial charge in [-0.3, -0.25) is 15.0 Å². The van der Waals surface area contributed by atoms with Crippen molar-refractivity contribution >= 4 is 23.0 Å². The number of unbranched alkanes of at least 4 members (excludes halogenated alkanes) is 5. The van der Waals surface area contributed by atoms with E-state index in [-0.39, 0.29) is 57.8 Å². The van der Waals surface area contributed by atoms with Gasteiger partial charge in [0, 0.05) is 100 Å². The summed E-state index contributed by atoms with van der Waals surface area (Å²) in [5.74, 6) is 2.70. The Kier molecular flexibility index (Phi) is 31.0. The van der Waals surface area contributed by atoms with Crippen LogP contribution in [0.2, 0.25) is 0 Å². The summed E-state index contributed by atoms with van der Waals surface area (Å²) >= 11 is 0. The molecule has 3 N–H and O–H groups in total. The van der Waals surface area contributed by atoms with Crippen LogP contribution < -0.4 is 20.4 Å². The molecule has 371 valence electrons. The molecule has 67 heavy (non-hydrogen) atoms. The molecule has 5 rings (SSSR count). The Bertz CT molecular complexity index is 1780. The third-order valence-electron chi connectivity index (χ3n) is 12.3. The number of piperidine rings is 1. The first-order chi connectivity index (χ1) is 32.0. The van der Waals surface area contributed by atoms with E-state index in [9.17, 15) is 14.5 Å². The second-order valence-corrected chi connectivity index (χ2v) is 17.1. The first kappa shape index (κ1) is 59.7. The molecule has 14 heteroatoms. The van der Waals surface area contributed by atoms with Gasteiger partial charge in [-0.25, -0.2) is 5.06 Å². The predicted molar refractivity (Wildman–Crippen MR) is 265 cm³/mol. The molecule has 2 unspecified atom stereocenters. The number of hydrogen-bond acceptors (Lipinski definition) is 12. The van der Waals surface area contributed by atoms with E-state index in [4.69, 9.17) is 18.9 Å². The van der Waals surface area contributed by atoms with E-state index in [2.05, 4.69) is 47.4 Å². The van der Waals surface area contributed by atoms with Crippen molar-refractivity contribution in [2.24, 2.45) is 11.8 Å². The molecule has 2 heterocycles. The van der Waals surface area contributed by atoms with E-state index >= 15 is 0 Å². The van der Waals surface area contributed by atoms with Gasteiger partial charge in [0.15, 0.2) is 0 Å². The Balaban J connectivity index is 0.00000156. The number of nitrogens with zero attached hydrogens (tertiary/aromatic N) is 3. The summed E-state index contributed by atoms with van der Waals surface area (Å²) < 4.78 is 41.6. The zero-order valence-electron chi connectivity index (χ0n) is 41.6. The van der Waals surface area contributed by atoms with E-state index in [1.807, 2.05) is 81.4 Å². The Morgan fingerprint density at radius 1 is 0.836 bits per heavy atom. The standard InChI is InChI=1S/C45H64FN5O7.C6H12.C2H6.Y/c1-36(39-20-24-47-25-21-39)48-38(3)45(22-26-50(46)27-23-45)49-41-13-12-14-42(35-41)51(53)37(2)40-16-18-43(19-17-40)58-30-11-6-5-9-28-55-31-33-57-34-32-56-29-10-7-8-15-44(52)54-4;1-5-3-4-6(5)2;1-2;/h12-14,16-21,24-25,35,37,48-49,53H,1,3,5-11,15,22-23,26-34H2,2,4H3;5-6H,3-4H2,1-2H3;1-2H3;/t37-;;;/m0.../s1. The average molecular weight is 1010 g/mol. The minimum Gasteiger partial charge on any atom is -0.494 e. The fraction of sp³-hybridized carbons (Fsp3) is 0.585. The van der Waals surface area contributed by atoms with Crippen molar-refractivity contribution in [3.63, 3.8) is 0 Å². The van der Waals surface area contributed by atoms with Gasteiger partial charge in [0.2, 0.25) is 0 Å². The topological polar surface area (TPSA) is 127 Å². The van der Waals surface area contributed by atoms with Gasteiger partial charge in [-0.15, -0.1) is 9.60 Å². The second-order valence-electron chi connectivity index (χ2n) is 17.1. The number of carbonyl (C=O) groups excluding carboxylic acids is 1. The maximum absolute atomic E-state index is 14.2. The van der Waals surface area contributed by atoms with Crippen LogP contribution in [0.3, 0.4) is 0 Å². The third-order valence-corrected chi connectivity index (χ3v) is 12.3. The Morgan fingerprint density at radius 3 is 1.94 bits per heavy atom. The molecule has 2 fully saturated rings. The smallest absolute Gasteiger partial charge is 0.305 e. The van der Waals surface area contributed by atoms with Crippen molar-refractivity contribution in [3.8, 4) is 5.75 Å². The molecule has 1 aliphatic heterocycles. The Labute approximate surface area is 427 Å². The molecule has 1 saturated carbocycles. The molecule has 3 aromatic rings. The van der Waals surface area contributed by atoms with Crippen LogP contribution in [-0.4, -0.2) is 93.3 Å². The van der Waals surface area contributed by atoms with E-state index in [0.717, 1.165) is 84.5 Å². The number of carbonyl (C=O) groups is 1. The molecule has 1 aromatic heterocycles. The number of methoxy groups -OCH3 is 1. The number of anilines is 2. The largest absolute Gasteiger partial charge is 0.494 e. The molecule has 1 saturated heterocycles. The van der Waals surface area contributed by atoms with Crippen LogP contribution in [-0.2, 0) is 56.5 Å². The van der Waals surface area contributed by atoms with Crippen molar-refractivity contribution in [2.45, 2.75) is 123 Å². The van der Waals surface area contributed by atoms with Crippen molar-refractivity contribution in [1.82, 2.24) is 15.4 Å². The SMILES string of the molecule is C=C(NC(=C)C1(Nc2cccc(N(O)[C@@H](C)c3ccc(OCCCCCCOCCOCCOCCCCCC(=O)OC)cc3)c2)CCN(F)CC1)c1ccncc1.CC.CC1CCC1C.[Y]. The van der Waals surface area contributed by atoms with Gasteiger partial charge in [-0.2, -0.15) is 0 Å². The summed E-state index contributed by atoms with van der Waals surface area (Å²) in [5.41, 5.74) is 3.98. The number of aromatic nitrogens is 1. The van der Waals surface area contributed by atoms with Crippen molar-refractivity contribution in [1.29, 1.82) is 0 Å². The summed E-state index contributed by atoms with van der Waals surface area (Å²) in [7, 11) is 1.41. The summed E-state index contributed by atoms with van der Waals surface area (Å²) in [6, 6.07) is 18.8. The van der Waals surface area contributed by atoms with Crippen LogP contribution in [0.25, 0.3) is 5.70 Å². The fourth-order valence-electron chi connectivity index (χ4n) is 7.48. The average Bonchev–Trinajstić information content (AvgIpc) is 3.35. The van der Waals surface area contributed by atoms with Crippen LogP contribution in [0.1, 0.15) is 129 Å². The molecule has 12 nitrogen and oxygen atoms in total. The van der Waals surface area contributed by atoms with Crippen LogP contribution in [0, 0.1) is 11.8 Å². The quantitative estimate of drug-likeness (QED) is 0.0265. The van der Waals surface area contributed by atoms with Gasteiger partial charge in [-0.1, -0.05) is 84.7 Å². The summed E-state index contributed by atoms with van der Waals surface area (Å²) in [6.45, 7) is 23.9. The van der Waals surface area contributed by atoms with Gasteiger partial charge >= 0.3 is 5.97 Å². The van der Waals surface area contributed by atoms with E-state index in [1.54, 1.807) is 12.4 Å². The second kappa shape index (κ2) is 34.8. The van der Waals surface area contributed by atoms with E-state index < -0.39 is 5.54 Å². The zero-order chi connectivity index (χ0) is 48.0. The van der Waals surface area contributed by atoms with E-state index in [1.165, 1.54) is 25.0 Å². The van der Waals surface area contributed by atoms with Crippen LogP contribution >= 0.6 is 0 Å². The van der Waals surface area contributed by atoms with Crippen molar-refractivity contribution in [3.05, 3.63) is 103 Å². The molecule has 3 atom stereocenters. The van der Waals surface area contributed by atoms with Gasteiger partial charge in [0.1, 0.15) is 5.75 Å². The van der Waals surface area contributed by atoms with Gasteiger partial charge in [-0.05, 0) is 112 Å². The van der Waals surface area contributed by atoms with Gasteiger partial charge in [0.05, 0.1) is 57.4 Å². The molecule has 0 amide bonds. The van der Waals surface area contributed by atoms with Crippen LogP contribution in [0.15, 0.2) is 91.9 Å². The maximum atomic E-state index is 14.2. The van der Waals surface area contributed by atoms with Gasteiger partial charge < -0.3 is 34.3 Å². The molecular weight excluding hydrogens is 927 g/mol. The monoisotopic (exact) mass is 1010 g/mol. The first-order valence-electron chi connectivity index (χ1n) is 24.4. The number of esters is 1. The molecule has 0 spiro atoms. The molecule has 1 radical (unpaired) electrons. The molecular formula is C53H82FN5O7Y. The van der Waals surface area contributed by atoms with E-state index in [0.29, 0.717) is 82.6 Å². The molecule has 2 aromatic carbocycles. The number of rotatable bonds is 29. The summed E-state index contributed by atoms with van der Waals surface area (Å²) in [4.78, 5) is 15.2. The predicted octanol–water partition coefficient (Wildman–Crippen LogP) is 11.7. The molecule has 0 bridgehead atoms. The molecule has 1 aliphatic carbocycles. The number of pyridine rings is 1. The number of hydroxylamine groups is 1. The number of benzene rings is 2. The minimum absolute atomic E-state index is 0. The normalized spacial score (nSPS) is 16.5. The number of halogens is 1. The fourth-order valence-corrected chi connectivity index (χ4v) is 7.48. The third kappa shape index (κ3) is 22.7. The minimum atomic E-state index is -0.641. The van der Waals surface area contributed by atoms with Crippen molar-refractivity contribution < 1.29 is 70.9 Å². The number of hydrogen-bond donors (Lipinski definition) is 3. The van der Waals surface area contributed by atoms with Crippen LogP contribution in [0.4, 0.5) is 15.9 Å². The summed E-state index contributed by atoms with van der Waals surface area (Å²) in [5, 5.41) is 20.4. The zero-order valence-corrected chi connectivity index (χ0v) is 44.5. The Hall–Kier alpha value is -3.43. The number of nitrogens with one attached hydrogen (secondary N) is 2. The first-order valence-corrected chi connectivity index (χ1v) is 24.4. The van der Waals surface area contributed by atoms with Gasteiger partial charge in [0.25, 0.3) is 0 Å². The summed E-state index contributed by atoms with van der Waals surface area (Å²) in [6.07, 6.45) is 14.6. The Morgan fingerprint density at radius 2 is 1.39 bits per heavy atom. The maximum Gasteiger partial charge on any atom is 0.305 e. The van der Waals surface area contributed by atoms with Crippen molar-refractivity contribution in [2.75, 3.05) is 76.8 Å². The molecule has 2 aliphatic rings.